The second-order valence-corrected chi connectivity index (χ2v) is 2.87. The van der Waals surface area contributed by atoms with E-state index in [-0.39, 0.29) is 6.04 Å². The predicted molar refractivity (Wildman–Crippen MR) is 54.6 cm³/mol. The van der Waals surface area contributed by atoms with Crippen LogP contribution in [0.15, 0.2) is 0 Å². The third kappa shape index (κ3) is 7.60. The third-order valence-electron chi connectivity index (χ3n) is 1.47. The lowest BCUT2D eigenvalue weighted by atomic mass is 10.3. The van der Waals surface area contributed by atoms with E-state index in [1.54, 1.807) is 20.8 Å². The van der Waals surface area contributed by atoms with Crippen LogP contribution in [-0.4, -0.2) is 38.0 Å². The van der Waals surface area contributed by atoms with Crippen molar-refractivity contribution in [3.8, 4) is 0 Å². The van der Waals surface area contributed by atoms with Gasteiger partial charge in [-0.1, -0.05) is 0 Å². The molecule has 0 aromatic rings. The first kappa shape index (κ1) is 13.5. The molecule has 0 heterocycles. The first-order valence-electron chi connectivity index (χ1n) is 4.94. The van der Waals surface area contributed by atoms with Crippen LogP contribution >= 0.6 is 0 Å². The zero-order valence-corrected chi connectivity index (χ0v) is 9.33. The third-order valence-corrected chi connectivity index (χ3v) is 1.47. The van der Waals surface area contributed by atoms with Crippen LogP contribution in [0, 0.1) is 0 Å². The van der Waals surface area contributed by atoms with Crippen molar-refractivity contribution in [1.29, 1.82) is 0 Å². The molecule has 0 aromatic carbocycles. The quantitative estimate of drug-likeness (QED) is 0.717. The molecule has 0 saturated heterocycles. The Bertz CT molecular complexity index is 208. The molecule has 0 spiro atoms. The van der Waals surface area contributed by atoms with Crippen molar-refractivity contribution in [2.75, 3.05) is 19.8 Å². The highest BCUT2D eigenvalue weighted by Crippen LogP contribution is 1.84. The van der Waals surface area contributed by atoms with Gasteiger partial charge in [-0.05, 0) is 20.8 Å². The van der Waals surface area contributed by atoms with Gasteiger partial charge in [0.05, 0.1) is 13.2 Å². The van der Waals surface area contributed by atoms with Crippen molar-refractivity contribution >= 4 is 12.2 Å². The first-order chi connectivity index (χ1) is 7.10. The summed E-state index contributed by atoms with van der Waals surface area (Å²) < 4.78 is 9.32. The highest BCUT2D eigenvalue weighted by atomic mass is 16.6. The summed E-state index contributed by atoms with van der Waals surface area (Å²) in [6, 6.07) is -0.201. The molecule has 0 aliphatic carbocycles. The predicted octanol–water partition coefficient (Wildman–Crippen LogP) is 0.867. The molecule has 2 N–H and O–H groups in total. The number of rotatable bonds is 5. The van der Waals surface area contributed by atoms with Crippen molar-refractivity contribution in [1.82, 2.24) is 10.6 Å². The summed E-state index contributed by atoms with van der Waals surface area (Å²) in [6.07, 6.45) is -0.981. The monoisotopic (exact) mass is 218 g/mol. The number of ether oxygens (including phenoxy) is 2. The average molecular weight is 218 g/mol. The Kier molecular flexibility index (Phi) is 7.13. The fraction of sp³-hybridized carbons (Fsp3) is 0.778. The molecule has 6 heteroatoms. The minimum absolute atomic E-state index is 0.201. The average Bonchev–Trinajstić information content (AvgIpc) is 2.15. The van der Waals surface area contributed by atoms with Gasteiger partial charge in [0.2, 0.25) is 0 Å². The normalized spacial score (nSPS) is 11.4. The smallest absolute Gasteiger partial charge is 0.407 e. The molecule has 15 heavy (non-hydrogen) atoms. The Labute approximate surface area is 89.3 Å². The molecule has 0 aliphatic rings. The lowest BCUT2D eigenvalue weighted by Crippen LogP contribution is -2.42. The van der Waals surface area contributed by atoms with Crippen LogP contribution in [-0.2, 0) is 9.47 Å². The molecule has 0 fully saturated rings. The highest BCUT2D eigenvalue weighted by molar-refractivity contribution is 5.68. The Hall–Kier alpha value is -1.46. The Morgan fingerprint density at radius 2 is 1.67 bits per heavy atom. The fourth-order valence-corrected chi connectivity index (χ4v) is 0.844. The van der Waals surface area contributed by atoms with Crippen LogP contribution in [0.25, 0.3) is 0 Å². The maximum atomic E-state index is 10.9. The lowest BCUT2D eigenvalue weighted by Gasteiger charge is -2.13. The number of amides is 2. The molecule has 0 aromatic heterocycles. The van der Waals surface area contributed by atoms with Gasteiger partial charge in [-0.2, -0.15) is 0 Å². The summed E-state index contributed by atoms with van der Waals surface area (Å²) in [5, 5.41) is 5.05. The van der Waals surface area contributed by atoms with E-state index in [0.29, 0.717) is 19.8 Å². The molecule has 88 valence electrons. The maximum Gasteiger partial charge on any atom is 0.407 e. The Morgan fingerprint density at radius 1 is 1.13 bits per heavy atom. The SMILES string of the molecule is CCOC(=O)NC[C@@H](C)NC(=O)OCC. The van der Waals surface area contributed by atoms with Crippen molar-refractivity contribution in [2.24, 2.45) is 0 Å². The van der Waals surface area contributed by atoms with Crippen molar-refractivity contribution in [3.05, 3.63) is 0 Å². The van der Waals surface area contributed by atoms with E-state index in [2.05, 4.69) is 20.1 Å². The van der Waals surface area contributed by atoms with Crippen molar-refractivity contribution < 1.29 is 19.1 Å². The van der Waals surface area contributed by atoms with Gasteiger partial charge in [0, 0.05) is 12.6 Å². The molecule has 0 unspecified atom stereocenters. The number of carbonyl (C=O) groups excluding carboxylic acids is 2. The summed E-state index contributed by atoms with van der Waals surface area (Å²) in [5.74, 6) is 0. The lowest BCUT2D eigenvalue weighted by molar-refractivity contribution is 0.143. The van der Waals surface area contributed by atoms with Gasteiger partial charge in [-0.15, -0.1) is 0 Å². The van der Waals surface area contributed by atoms with Gasteiger partial charge in [0.1, 0.15) is 0 Å². The van der Waals surface area contributed by atoms with Crippen LogP contribution in [0.1, 0.15) is 20.8 Å². The molecule has 1 atom stereocenters. The topological polar surface area (TPSA) is 76.7 Å². The molecule has 0 rings (SSSR count). The number of hydrogen-bond acceptors (Lipinski definition) is 4. The van der Waals surface area contributed by atoms with E-state index in [1.165, 1.54) is 0 Å². The first-order valence-corrected chi connectivity index (χ1v) is 4.94. The highest BCUT2D eigenvalue weighted by Gasteiger charge is 2.08. The molecular weight excluding hydrogens is 200 g/mol. The largest absolute Gasteiger partial charge is 0.450 e. The van der Waals surface area contributed by atoms with Gasteiger partial charge in [0.25, 0.3) is 0 Å². The zero-order valence-electron chi connectivity index (χ0n) is 9.33. The van der Waals surface area contributed by atoms with Gasteiger partial charge in [0.15, 0.2) is 0 Å². The molecule has 0 saturated carbocycles. The number of alkyl carbamates (subject to hydrolysis) is 2. The van der Waals surface area contributed by atoms with Gasteiger partial charge in [-0.3, -0.25) is 0 Å². The minimum Gasteiger partial charge on any atom is -0.450 e. The molecule has 2 amide bonds. The molecular formula is C9H18N2O4. The molecule has 6 nitrogen and oxygen atoms in total. The van der Waals surface area contributed by atoms with Crippen LogP contribution in [0.4, 0.5) is 9.59 Å². The van der Waals surface area contributed by atoms with E-state index in [1.807, 2.05) is 0 Å². The van der Waals surface area contributed by atoms with E-state index < -0.39 is 12.2 Å². The molecule has 0 radical (unpaired) electrons. The van der Waals surface area contributed by atoms with E-state index in [4.69, 9.17) is 0 Å². The van der Waals surface area contributed by atoms with Crippen LogP contribution in [0.2, 0.25) is 0 Å². The van der Waals surface area contributed by atoms with Crippen LogP contribution < -0.4 is 10.6 Å². The number of nitrogens with one attached hydrogen (secondary N) is 2. The zero-order chi connectivity index (χ0) is 11.7. The van der Waals surface area contributed by atoms with E-state index in [0.717, 1.165) is 0 Å². The van der Waals surface area contributed by atoms with Gasteiger partial charge < -0.3 is 20.1 Å². The standard InChI is InChI=1S/C9H18N2O4/c1-4-14-8(12)10-6-7(3)11-9(13)15-5-2/h7H,4-6H2,1-3H3,(H,10,12)(H,11,13)/t7-/m1/s1. The second kappa shape index (κ2) is 7.90. The summed E-state index contributed by atoms with van der Waals surface area (Å²) in [4.78, 5) is 21.8. The van der Waals surface area contributed by atoms with Gasteiger partial charge in [-0.25, -0.2) is 9.59 Å². The Balaban J connectivity index is 3.60. The summed E-state index contributed by atoms with van der Waals surface area (Å²) in [7, 11) is 0. The second-order valence-electron chi connectivity index (χ2n) is 2.87. The maximum absolute atomic E-state index is 10.9. The Morgan fingerprint density at radius 3 is 2.20 bits per heavy atom. The minimum atomic E-state index is -0.491. The number of carbonyl (C=O) groups is 2. The van der Waals surface area contributed by atoms with Gasteiger partial charge >= 0.3 is 12.2 Å². The van der Waals surface area contributed by atoms with Crippen molar-refractivity contribution in [2.45, 2.75) is 26.8 Å². The van der Waals surface area contributed by atoms with Crippen LogP contribution in [0.3, 0.4) is 0 Å². The summed E-state index contributed by atoms with van der Waals surface area (Å²) in [6.45, 7) is 6.15. The molecule has 0 bridgehead atoms. The van der Waals surface area contributed by atoms with E-state index >= 15 is 0 Å². The summed E-state index contributed by atoms with van der Waals surface area (Å²) >= 11 is 0. The summed E-state index contributed by atoms with van der Waals surface area (Å²) in [5.41, 5.74) is 0. The fourth-order valence-electron chi connectivity index (χ4n) is 0.844. The van der Waals surface area contributed by atoms with Crippen LogP contribution in [0.5, 0.6) is 0 Å². The van der Waals surface area contributed by atoms with E-state index in [9.17, 15) is 9.59 Å². The molecule has 0 aliphatic heterocycles. The van der Waals surface area contributed by atoms with Crippen molar-refractivity contribution in [3.63, 3.8) is 0 Å². The number of hydrogen-bond donors (Lipinski definition) is 2.